The lowest BCUT2D eigenvalue weighted by Crippen LogP contribution is -2.65. The summed E-state index contributed by atoms with van der Waals surface area (Å²) < 4.78 is 2.25. The third-order valence-corrected chi connectivity index (χ3v) is 7.38. The second kappa shape index (κ2) is 7.94. The molecule has 3 aliphatic rings. The van der Waals surface area contributed by atoms with E-state index in [1.54, 1.807) is 0 Å². The normalized spacial score (nSPS) is 29.7. The topological polar surface area (TPSA) is 41.4 Å². The Kier molecular flexibility index (Phi) is 5.17. The summed E-state index contributed by atoms with van der Waals surface area (Å²) in [7, 11) is 0. The summed E-state index contributed by atoms with van der Waals surface area (Å²) in [6.45, 7) is 6.31. The number of aromatic nitrogens is 2. The van der Waals surface area contributed by atoms with Crippen LogP contribution in [0, 0.1) is 11.8 Å². The zero-order valence-electron chi connectivity index (χ0n) is 17.4. The van der Waals surface area contributed by atoms with Crippen LogP contribution in [0.3, 0.4) is 0 Å². The number of rotatable bonds is 5. The lowest BCUT2D eigenvalue weighted by molar-refractivity contribution is -0.152. The molecule has 5 nitrogen and oxygen atoms in total. The first kappa shape index (κ1) is 18.9. The Morgan fingerprint density at radius 2 is 1.97 bits per heavy atom. The number of benzene rings is 1. The third kappa shape index (κ3) is 3.61. The maximum Gasteiger partial charge on any atom is 0.223 e. The van der Waals surface area contributed by atoms with Crippen LogP contribution in [-0.2, 0) is 24.3 Å². The van der Waals surface area contributed by atoms with Crippen molar-refractivity contribution in [2.45, 2.75) is 64.2 Å². The Morgan fingerprint density at radius 1 is 1.14 bits per heavy atom. The van der Waals surface area contributed by atoms with Gasteiger partial charge in [0.15, 0.2) is 0 Å². The van der Waals surface area contributed by atoms with Gasteiger partial charge in [0.05, 0.1) is 12.0 Å². The molecule has 0 radical (unpaired) electrons. The van der Waals surface area contributed by atoms with Crippen LogP contribution in [0.4, 0.5) is 0 Å². The van der Waals surface area contributed by atoms with E-state index in [2.05, 4.69) is 56.6 Å². The van der Waals surface area contributed by atoms with E-state index in [0.29, 0.717) is 29.8 Å². The average Bonchev–Trinajstić information content (AvgIpc) is 3.19. The van der Waals surface area contributed by atoms with E-state index in [0.717, 1.165) is 45.4 Å². The van der Waals surface area contributed by atoms with Gasteiger partial charge in [-0.05, 0) is 50.0 Å². The molecular weight excluding hydrogens is 360 g/mol. The number of likely N-dealkylation sites (tertiary alicyclic amines) is 1. The van der Waals surface area contributed by atoms with Gasteiger partial charge >= 0.3 is 0 Å². The summed E-state index contributed by atoms with van der Waals surface area (Å²) in [5.41, 5.74) is 2.66. The van der Waals surface area contributed by atoms with Crippen LogP contribution in [0.5, 0.6) is 0 Å². The highest BCUT2D eigenvalue weighted by Gasteiger charge is 2.49. The molecular formula is C24H32N4O. The van der Waals surface area contributed by atoms with Crippen LogP contribution in [0.2, 0.25) is 0 Å². The smallest absolute Gasteiger partial charge is 0.223 e. The molecule has 154 valence electrons. The average molecular weight is 393 g/mol. The zero-order chi connectivity index (χ0) is 19.8. The van der Waals surface area contributed by atoms with Gasteiger partial charge < -0.3 is 9.47 Å². The number of fused-ring (bicyclic) bond motifs is 4. The first-order chi connectivity index (χ1) is 14.2. The van der Waals surface area contributed by atoms with Crippen molar-refractivity contribution in [1.82, 2.24) is 19.4 Å². The highest BCUT2D eigenvalue weighted by molar-refractivity contribution is 5.78. The number of imidazole rings is 1. The standard InChI is InChI=1S/C24H32N4O/c1-2-27-17-25-13-21(27)16-26-14-19-12-20(15-26)23(11-18-7-4-3-5-8-18)28-22(19)9-6-10-24(28)29/h3-5,7-8,13,17,19-20,22-23H,2,6,9-12,14-16H2,1H3/t19-,20+,22+,23+/m1/s1. The second-order valence-electron chi connectivity index (χ2n) is 9.14. The Labute approximate surface area is 173 Å². The molecule has 29 heavy (non-hydrogen) atoms. The highest BCUT2D eigenvalue weighted by Crippen LogP contribution is 2.42. The van der Waals surface area contributed by atoms with Crippen LogP contribution in [0.25, 0.3) is 0 Å². The Hall–Kier alpha value is -2.14. The molecule has 0 N–H and O–H groups in total. The molecule has 4 heterocycles. The van der Waals surface area contributed by atoms with Gasteiger partial charge in [-0.3, -0.25) is 9.69 Å². The molecule has 2 bridgehead atoms. The fourth-order valence-electron chi connectivity index (χ4n) is 6.11. The van der Waals surface area contributed by atoms with Gasteiger partial charge in [-0.1, -0.05) is 30.3 Å². The van der Waals surface area contributed by atoms with Crippen molar-refractivity contribution < 1.29 is 4.79 Å². The monoisotopic (exact) mass is 392 g/mol. The number of hydrogen-bond acceptors (Lipinski definition) is 3. The number of nitrogens with zero attached hydrogens (tertiary/aromatic N) is 4. The molecule has 0 saturated carbocycles. The fourth-order valence-corrected chi connectivity index (χ4v) is 6.11. The molecule has 1 aromatic carbocycles. The van der Waals surface area contributed by atoms with Crippen LogP contribution in [0.15, 0.2) is 42.9 Å². The van der Waals surface area contributed by atoms with Crippen molar-refractivity contribution in [3.63, 3.8) is 0 Å². The van der Waals surface area contributed by atoms with Crippen LogP contribution in [-0.4, -0.2) is 50.4 Å². The predicted molar refractivity (Wildman–Crippen MR) is 113 cm³/mol. The minimum absolute atomic E-state index is 0.338. The largest absolute Gasteiger partial charge is 0.336 e. The van der Waals surface area contributed by atoms with Crippen molar-refractivity contribution >= 4 is 5.91 Å². The minimum atomic E-state index is 0.338. The molecule has 2 aromatic rings. The van der Waals surface area contributed by atoms with Crippen LogP contribution in [0.1, 0.15) is 43.9 Å². The molecule has 3 aliphatic heterocycles. The summed E-state index contributed by atoms with van der Waals surface area (Å²) in [4.78, 5) is 22.3. The maximum absolute atomic E-state index is 13.0. The highest BCUT2D eigenvalue weighted by atomic mass is 16.2. The molecule has 0 unspecified atom stereocenters. The number of hydrogen-bond donors (Lipinski definition) is 0. The molecule has 5 heteroatoms. The van der Waals surface area contributed by atoms with Crippen molar-refractivity contribution in [2.24, 2.45) is 11.8 Å². The minimum Gasteiger partial charge on any atom is -0.336 e. The summed E-state index contributed by atoms with van der Waals surface area (Å²) in [6.07, 6.45) is 9.19. The molecule has 3 fully saturated rings. The van der Waals surface area contributed by atoms with E-state index >= 15 is 0 Å². The number of piperidine rings is 3. The van der Waals surface area contributed by atoms with E-state index in [4.69, 9.17) is 0 Å². The number of aryl methyl sites for hydroxylation is 1. The van der Waals surface area contributed by atoms with Gasteiger partial charge in [0.25, 0.3) is 0 Å². The third-order valence-electron chi connectivity index (χ3n) is 7.38. The van der Waals surface area contributed by atoms with Gasteiger partial charge in [0, 0.05) is 50.9 Å². The van der Waals surface area contributed by atoms with E-state index in [-0.39, 0.29) is 0 Å². The van der Waals surface area contributed by atoms with Gasteiger partial charge in [-0.15, -0.1) is 0 Å². The fraction of sp³-hybridized carbons (Fsp3) is 0.583. The van der Waals surface area contributed by atoms with Crippen LogP contribution < -0.4 is 0 Å². The van der Waals surface area contributed by atoms with E-state index in [1.807, 2.05) is 12.5 Å². The Bertz CT molecular complexity index is 848. The summed E-state index contributed by atoms with van der Waals surface area (Å²) in [5, 5.41) is 0. The molecule has 4 atom stereocenters. The number of amides is 1. The van der Waals surface area contributed by atoms with Gasteiger partial charge in [0.2, 0.25) is 5.91 Å². The molecule has 1 aromatic heterocycles. The molecule has 5 rings (SSSR count). The van der Waals surface area contributed by atoms with Gasteiger partial charge in [-0.25, -0.2) is 4.98 Å². The lowest BCUT2D eigenvalue weighted by Gasteiger charge is -2.56. The Balaban J connectivity index is 1.40. The summed E-state index contributed by atoms with van der Waals surface area (Å²) >= 11 is 0. The van der Waals surface area contributed by atoms with E-state index < -0.39 is 0 Å². The van der Waals surface area contributed by atoms with Crippen molar-refractivity contribution in [2.75, 3.05) is 13.1 Å². The predicted octanol–water partition coefficient (Wildman–Crippen LogP) is 3.35. The Morgan fingerprint density at radius 3 is 2.79 bits per heavy atom. The lowest BCUT2D eigenvalue weighted by atomic mass is 9.70. The molecule has 1 amide bonds. The number of carbonyl (C=O) groups is 1. The first-order valence-corrected chi connectivity index (χ1v) is 11.3. The first-order valence-electron chi connectivity index (χ1n) is 11.3. The quantitative estimate of drug-likeness (QED) is 0.784. The van der Waals surface area contributed by atoms with Gasteiger partial charge in [0.1, 0.15) is 0 Å². The number of carbonyl (C=O) groups excluding carboxylic acids is 1. The van der Waals surface area contributed by atoms with E-state index in [1.165, 1.54) is 24.1 Å². The van der Waals surface area contributed by atoms with Gasteiger partial charge in [-0.2, -0.15) is 0 Å². The maximum atomic E-state index is 13.0. The zero-order valence-corrected chi connectivity index (χ0v) is 17.4. The molecule has 0 spiro atoms. The van der Waals surface area contributed by atoms with Crippen molar-refractivity contribution in [3.8, 4) is 0 Å². The van der Waals surface area contributed by atoms with Crippen LogP contribution >= 0.6 is 0 Å². The second-order valence-corrected chi connectivity index (χ2v) is 9.14. The van der Waals surface area contributed by atoms with Crippen molar-refractivity contribution in [1.29, 1.82) is 0 Å². The molecule has 0 aliphatic carbocycles. The summed E-state index contributed by atoms with van der Waals surface area (Å²) in [6, 6.07) is 11.5. The van der Waals surface area contributed by atoms with E-state index in [9.17, 15) is 4.79 Å². The molecule has 3 saturated heterocycles. The van der Waals surface area contributed by atoms with Crippen molar-refractivity contribution in [3.05, 3.63) is 54.1 Å². The summed E-state index contributed by atoms with van der Waals surface area (Å²) in [5.74, 6) is 1.57. The SMILES string of the molecule is CCn1cncc1CN1C[C@H]2C[C@@H](C1)[C@H](Cc1ccccc1)N1C(=O)CCC[C@@H]21.